The SMILES string of the molecule is CC(=O)CCCCCCCCC(=O)N[C@H]1CC(=O)NC1=O. The van der Waals surface area contributed by atoms with Gasteiger partial charge in [-0.3, -0.25) is 19.7 Å². The van der Waals surface area contributed by atoms with E-state index in [1.54, 1.807) is 6.92 Å². The van der Waals surface area contributed by atoms with Gasteiger partial charge in [0.2, 0.25) is 17.7 Å². The molecule has 6 nitrogen and oxygen atoms in total. The van der Waals surface area contributed by atoms with Gasteiger partial charge in [0.25, 0.3) is 0 Å². The molecule has 0 aromatic heterocycles. The van der Waals surface area contributed by atoms with Crippen molar-refractivity contribution >= 4 is 23.5 Å². The molecule has 1 atom stereocenters. The number of hydrogen-bond acceptors (Lipinski definition) is 4. The molecule has 0 saturated carbocycles. The molecule has 0 bridgehead atoms. The Morgan fingerprint density at radius 1 is 1.05 bits per heavy atom. The van der Waals surface area contributed by atoms with Crippen LogP contribution in [0.5, 0.6) is 0 Å². The Kier molecular flexibility index (Phi) is 7.64. The van der Waals surface area contributed by atoms with Crippen LogP contribution in [0.2, 0.25) is 0 Å². The second kappa shape index (κ2) is 9.26. The van der Waals surface area contributed by atoms with Crippen molar-refractivity contribution in [2.24, 2.45) is 0 Å². The largest absolute Gasteiger partial charge is 0.344 e. The van der Waals surface area contributed by atoms with E-state index in [-0.39, 0.29) is 24.0 Å². The fraction of sp³-hybridized carbons (Fsp3) is 0.733. The van der Waals surface area contributed by atoms with E-state index >= 15 is 0 Å². The highest BCUT2D eigenvalue weighted by Gasteiger charge is 2.31. The number of ketones is 1. The van der Waals surface area contributed by atoms with E-state index in [4.69, 9.17) is 0 Å². The fourth-order valence-electron chi connectivity index (χ4n) is 2.30. The van der Waals surface area contributed by atoms with Gasteiger partial charge in [-0.25, -0.2) is 0 Å². The van der Waals surface area contributed by atoms with Crippen molar-refractivity contribution in [3.63, 3.8) is 0 Å². The molecular weight excluding hydrogens is 272 g/mol. The molecule has 0 aromatic rings. The summed E-state index contributed by atoms with van der Waals surface area (Å²) in [4.78, 5) is 44.6. The molecule has 1 saturated heterocycles. The van der Waals surface area contributed by atoms with Crippen LogP contribution in [-0.4, -0.2) is 29.5 Å². The van der Waals surface area contributed by atoms with Gasteiger partial charge >= 0.3 is 0 Å². The number of carbonyl (C=O) groups is 4. The number of imide groups is 1. The molecule has 1 fully saturated rings. The van der Waals surface area contributed by atoms with E-state index in [1.165, 1.54) is 0 Å². The monoisotopic (exact) mass is 296 g/mol. The Labute approximate surface area is 125 Å². The summed E-state index contributed by atoms with van der Waals surface area (Å²) in [6.45, 7) is 1.61. The summed E-state index contributed by atoms with van der Waals surface area (Å²) in [5.41, 5.74) is 0. The summed E-state index contributed by atoms with van der Waals surface area (Å²) in [5.74, 6) is -0.697. The van der Waals surface area contributed by atoms with Gasteiger partial charge in [0.05, 0.1) is 6.42 Å². The maximum atomic E-state index is 11.6. The quantitative estimate of drug-likeness (QED) is 0.468. The van der Waals surface area contributed by atoms with Crippen LogP contribution in [0, 0.1) is 0 Å². The van der Waals surface area contributed by atoms with E-state index in [0.29, 0.717) is 12.8 Å². The number of carbonyl (C=O) groups excluding carboxylic acids is 4. The van der Waals surface area contributed by atoms with Crippen LogP contribution in [0.15, 0.2) is 0 Å². The highest BCUT2D eigenvalue weighted by Crippen LogP contribution is 2.09. The van der Waals surface area contributed by atoms with Gasteiger partial charge < -0.3 is 10.1 Å². The molecule has 1 heterocycles. The maximum absolute atomic E-state index is 11.6. The third kappa shape index (κ3) is 7.58. The minimum absolute atomic E-state index is 0.0424. The summed E-state index contributed by atoms with van der Waals surface area (Å²) in [7, 11) is 0. The number of hydrogen-bond donors (Lipinski definition) is 2. The lowest BCUT2D eigenvalue weighted by Gasteiger charge is -2.08. The standard InChI is InChI=1S/C15H24N2O4/c1-11(18)8-6-4-2-3-5-7-9-13(19)16-12-10-14(20)17-15(12)21/h12H,2-10H2,1H3,(H,16,19)(H,17,20,21)/t12-/m0/s1. The van der Waals surface area contributed by atoms with Gasteiger partial charge in [-0.1, -0.05) is 25.7 Å². The Morgan fingerprint density at radius 2 is 1.62 bits per heavy atom. The summed E-state index contributed by atoms with van der Waals surface area (Å²) in [5, 5.41) is 4.73. The Morgan fingerprint density at radius 3 is 2.14 bits per heavy atom. The molecule has 0 aliphatic carbocycles. The minimum Gasteiger partial charge on any atom is -0.344 e. The van der Waals surface area contributed by atoms with Crippen molar-refractivity contribution in [2.75, 3.05) is 0 Å². The number of amides is 3. The molecule has 118 valence electrons. The predicted octanol–water partition coefficient (Wildman–Crippen LogP) is 1.23. The van der Waals surface area contributed by atoms with Gasteiger partial charge in [-0.2, -0.15) is 0 Å². The van der Waals surface area contributed by atoms with Crippen molar-refractivity contribution in [3.8, 4) is 0 Å². The average Bonchev–Trinajstić information content (AvgIpc) is 2.70. The second-order valence-electron chi connectivity index (χ2n) is 5.56. The van der Waals surface area contributed by atoms with Crippen molar-refractivity contribution in [1.29, 1.82) is 0 Å². The van der Waals surface area contributed by atoms with Crippen LogP contribution in [0.25, 0.3) is 0 Å². The molecular formula is C15H24N2O4. The van der Waals surface area contributed by atoms with Crippen molar-refractivity contribution < 1.29 is 19.2 Å². The molecule has 0 unspecified atom stereocenters. The lowest BCUT2D eigenvalue weighted by molar-refractivity contribution is -0.128. The van der Waals surface area contributed by atoms with Crippen LogP contribution in [0.4, 0.5) is 0 Å². The molecule has 6 heteroatoms. The third-order valence-electron chi connectivity index (χ3n) is 3.49. The molecule has 0 spiro atoms. The Hall–Kier alpha value is -1.72. The van der Waals surface area contributed by atoms with E-state index in [9.17, 15) is 19.2 Å². The van der Waals surface area contributed by atoms with Crippen LogP contribution in [0.1, 0.15) is 64.7 Å². The van der Waals surface area contributed by atoms with Crippen molar-refractivity contribution in [3.05, 3.63) is 0 Å². The first kappa shape index (κ1) is 17.3. The van der Waals surface area contributed by atoms with E-state index in [1.807, 2.05) is 0 Å². The Bertz CT molecular complexity index is 406. The molecule has 1 aliphatic heterocycles. The number of unbranched alkanes of at least 4 members (excludes halogenated alkanes) is 5. The zero-order valence-electron chi connectivity index (χ0n) is 12.6. The smallest absolute Gasteiger partial charge is 0.249 e. The topological polar surface area (TPSA) is 92.3 Å². The first-order valence-electron chi connectivity index (χ1n) is 7.61. The van der Waals surface area contributed by atoms with Crippen LogP contribution < -0.4 is 10.6 Å². The third-order valence-corrected chi connectivity index (χ3v) is 3.49. The van der Waals surface area contributed by atoms with Gasteiger partial charge in [-0.15, -0.1) is 0 Å². The van der Waals surface area contributed by atoms with Crippen LogP contribution >= 0.6 is 0 Å². The first-order chi connectivity index (χ1) is 9.99. The fourth-order valence-corrected chi connectivity index (χ4v) is 2.30. The number of rotatable bonds is 10. The lowest BCUT2D eigenvalue weighted by atomic mass is 10.1. The van der Waals surface area contributed by atoms with Gasteiger partial charge in [0.15, 0.2) is 0 Å². The highest BCUT2D eigenvalue weighted by molar-refractivity contribution is 6.06. The summed E-state index contributed by atoms with van der Waals surface area (Å²) in [6.07, 6.45) is 6.94. The molecule has 3 amide bonds. The van der Waals surface area contributed by atoms with Crippen molar-refractivity contribution in [1.82, 2.24) is 10.6 Å². The molecule has 2 N–H and O–H groups in total. The van der Waals surface area contributed by atoms with Crippen molar-refractivity contribution in [2.45, 2.75) is 70.8 Å². The zero-order chi connectivity index (χ0) is 15.7. The Balaban J connectivity index is 1.97. The average molecular weight is 296 g/mol. The predicted molar refractivity (Wildman–Crippen MR) is 77.3 cm³/mol. The normalized spacial score (nSPS) is 17.7. The number of Topliss-reactive ketones (excluding diaryl/α,β-unsaturated/α-hetero) is 1. The van der Waals surface area contributed by atoms with Crippen LogP contribution in [-0.2, 0) is 19.2 Å². The van der Waals surface area contributed by atoms with Gasteiger partial charge in [0.1, 0.15) is 11.8 Å². The second-order valence-corrected chi connectivity index (χ2v) is 5.56. The molecule has 21 heavy (non-hydrogen) atoms. The highest BCUT2D eigenvalue weighted by atomic mass is 16.2. The van der Waals surface area contributed by atoms with E-state index in [0.717, 1.165) is 38.5 Å². The van der Waals surface area contributed by atoms with E-state index < -0.39 is 11.9 Å². The zero-order valence-corrected chi connectivity index (χ0v) is 12.6. The molecule has 0 aromatic carbocycles. The maximum Gasteiger partial charge on any atom is 0.249 e. The minimum atomic E-state index is -0.698. The summed E-state index contributed by atoms with van der Waals surface area (Å²) >= 11 is 0. The van der Waals surface area contributed by atoms with Gasteiger partial charge in [0, 0.05) is 12.8 Å². The van der Waals surface area contributed by atoms with Gasteiger partial charge in [-0.05, 0) is 19.8 Å². The lowest BCUT2D eigenvalue weighted by Crippen LogP contribution is -2.40. The van der Waals surface area contributed by atoms with E-state index in [2.05, 4.69) is 10.6 Å². The summed E-state index contributed by atoms with van der Waals surface area (Å²) in [6, 6.07) is -0.698. The molecule has 0 radical (unpaired) electrons. The first-order valence-corrected chi connectivity index (χ1v) is 7.61. The van der Waals surface area contributed by atoms with Crippen LogP contribution in [0.3, 0.4) is 0 Å². The molecule has 1 rings (SSSR count). The summed E-state index contributed by atoms with van der Waals surface area (Å²) < 4.78 is 0. The molecule has 1 aliphatic rings. The number of nitrogens with one attached hydrogen (secondary N) is 2.